The van der Waals surface area contributed by atoms with E-state index in [4.69, 9.17) is 0 Å². The number of anilines is 1. The van der Waals surface area contributed by atoms with Crippen molar-refractivity contribution in [2.24, 2.45) is 5.92 Å². The second-order valence-corrected chi connectivity index (χ2v) is 7.50. The first-order valence-electron chi connectivity index (χ1n) is 10.1. The van der Waals surface area contributed by atoms with E-state index in [1.807, 2.05) is 18.2 Å². The molecule has 1 saturated heterocycles. The molecule has 0 N–H and O–H groups in total. The molecule has 1 fully saturated rings. The Bertz CT molecular complexity index is 1210. The minimum atomic E-state index is -0.0652. The molecule has 0 saturated carbocycles. The molecule has 30 heavy (non-hydrogen) atoms. The number of hydrogen-bond acceptors (Lipinski definition) is 7. The fourth-order valence-electron chi connectivity index (χ4n) is 3.97. The predicted molar refractivity (Wildman–Crippen MR) is 114 cm³/mol. The van der Waals surface area contributed by atoms with Gasteiger partial charge < -0.3 is 4.90 Å². The Labute approximate surface area is 173 Å². The lowest BCUT2D eigenvalue weighted by atomic mass is 9.96. The van der Waals surface area contributed by atoms with Crippen LogP contribution < -0.4 is 10.5 Å². The zero-order chi connectivity index (χ0) is 20.3. The third-order valence-corrected chi connectivity index (χ3v) is 5.61. The Morgan fingerprint density at radius 2 is 1.73 bits per heavy atom. The topological polar surface area (TPSA) is 89.7 Å². The van der Waals surface area contributed by atoms with Crippen molar-refractivity contribution in [1.29, 1.82) is 0 Å². The Morgan fingerprint density at radius 1 is 0.933 bits per heavy atom. The van der Waals surface area contributed by atoms with Crippen LogP contribution in [0.2, 0.25) is 0 Å². The Morgan fingerprint density at radius 3 is 2.57 bits per heavy atom. The molecule has 0 aliphatic carbocycles. The molecule has 4 aromatic rings. The van der Waals surface area contributed by atoms with Gasteiger partial charge in [0.05, 0.1) is 17.4 Å². The van der Waals surface area contributed by atoms with Crippen LogP contribution in [-0.4, -0.2) is 42.8 Å². The smallest absolute Gasteiger partial charge is 0.266 e. The van der Waals surface area contributed by atoms with E-state index in [0.717, 1.165) is 53.9 Å². The summed E-state index contributed by atoms with van der Waals surface area (Å²) < 4.78 is 1.60. The molecule has 5 heterocycles. The summed E-state index contributed by atoms with van der Waals surface area (Å²) in [5.74, 6) is 1.35. The van der Waals surface area contributed by atoms with E-state index >= 15 is 0 Å². The van der Waals surface area contributed by atoms with Gasteiger partial charge in [0.2, 0.25) is 0 Å². The maximum Gasteiger partial charge on any atom is 0.266 e. The molecule has 8 heteroatoms. The highest BCUT2D eigenvalue weighted by Crippen LogP contribution is 2.27. The Kier molecular flexibility index (Phi) is 4.88. The third-order valence-electron chi connectivity index (χ3n) is 5.61. The summed E-state index contributed by atoms with van der Waals surface area (Å²) in [6.45, 7) is 2.40. The molecule has 0 aromatic carbocycles. The van der Waals surface area contributed by atoms with Gasteiger partial charge in [0.1, 0.15) is 12.1 Å². The monoisotopic (exact) mass is 399 g/mol. The van der Waals surface area contributed by atoms with Crippen molar-refractivity contribution in [3.05, 3.63) is 71.8 Å². The molecule has 8 nitrogen and oxygen atoms in total. The number of nitrogens with zero attached hydrogens (tertiary/aromatic N) is 7. The molecule has 0 radical (unpaired) electrons. The number of pyridine rings is 2. The first kappa shape index (κ1) is 18.4. The fourth-order valence-corrected chi connectivity index (χ4v) is 3.97. The van der Waals surface area contributed by atoms with Gasteiger partial charge in [0.25, 0.3) is 5.56 Å². The van der Waals surface area contributed by atoms with Crippen LogP contribution >= 0.6 is 0 Å². The third kappa shape index (κ3) is 3.63. The normalized spacial score (nSPS) is 14.9. The highest BCUT2D eigenvalue weighted by molar-refractivity contribution is 5.88. The number of rotatable bonds is 4. The van der Waals surface area contributed by atoms with Crippen LogP contribution in [0.4, 0.5) is 5.82 Å². The second kappa shape index (κ2) is 7.98. The number of hydrogen-bond donors (Lipinski definition) is 0. The lowest BCUT2D eigenvalue weighted by Gasteiger charge is -2.33. The van der Waals surface area contributed by atoms with Gasteiger partial charge in [-0.1, -0.05) is 0 Å². The molecule has 0 amide bonds. The first-order valence-corrected chi connectivity index (χ1v) is 10.1. The lowest BCUT2D eigenvalue weighted by molar-refractivity contribution is 0.335. The molecule has 0 spiro atoms. The summed E-state index contributed by atoms with van der Waals surface area (Å²) in [5.41, 5.74) is 2.53. The van der Waals surface area contributed by atoms with Crippen molar-refractivity contribution in [1.82, 2.24) is 29.7 Å². The lowest BCUT2D eigenvalue weighted by Crippen LogP contribution is -2.37. The molecule has 0 atom stereocenters. The maximum absolute atomic E-state index is 12.4. The minimum Gasteiger partial charge on any atom is -0.356 e. The van der Waals surface area contributed by atoms with Gasteiger partial charge in [-0.2, -0.15) is 5.10 Å². The van der Waals surface area contributed by atoms with E-state index in [1.54, 1.807) is 47.9 Å². The highest BCUT2D eigenvalue weighted by atomic mass is 16.1. The van der Waals surface area contributed by atoms with E-state index in [1.165, 1.54) is 0 Å². The summed E-state index contributed by atoms with van der Waals surface area (Å²) in [5, 5.41) is 5.61. The van der Waals surface area contributed by atoms with Crippen molar-refractivity contribution >= 4 is 16.7 Å². The average molecular weight is 399 g/mol. The van der Waals surface area contributed by atoms with Crippen molar-refractivity contribution in [3.8, 4) is 11.3 Å². The van der Waals surface area contributed by atoms with Crippen LogP contribution in [-0.2, 0) is 6.54 Å². The molecule has 5 rings (SSSR count). The SMILES string of the molecule is O=c1ccc(-c2ccncc2)nn1CC1CCN(c2ncnc3cnccc23)CC1. The van der Waals surface area contributed by atoms with E-state index in [-0.39, 0.29) is 5.56 Å². The standard InChI is InChI=1S/C22H21N7O/c30-21-2-1-19(17-3-8-23-9-4-17)27-29(21)14-16-6-11-28(12-7-16)22-18-5-10-24-13-20(18)25-15-26-22/h1-5,8-10,13,15-16H,6-7,11-12,14H2. The molecule has 1 aliphatic rings. The molecule has 0 unspecified atom stereocenters. The molecule has 150 valence electrons. The minimum absolute atomic E-state index is 0.0652. The molecular weight excluding hydrogens is 378 g/mol. The predicted octanol–water partition coefficient (Wildman–Crippen LogP) is 2.56. The summed E-state index contributed by atoms with van der Waals surface area (Å²) in [7, 11) is 0. The van der Waals surface area contributed by atoms with Gasteiger partial charge in [-0.05, 0) is 43.0 Å². The van der Waals surface area contributed by atoms with E-state index < -0.39 is 0 Å². The summed E-state index contributed by atoms with van der Waals surface area (Å²) in [6, 6.07) is 9.13. The van der Waals surface area contributed by atoms with Gasteiger partial charge in [-0.3, -0.25) is 14.8 Å². The molecule has 0 bridgehead atoms. The van der Waals surface area contributed by atoms with Crippen molar-refractivity contribution < 1.29 is 0 Å². The zero-order valence-corrected chi connectivity index (χ0v) is 16.4. The average Bonchev–Trinajstić information content (AvgIpc) is 2.81. The number of piperidine rings is 1. The van der Waals surface area contributed by atoms with Gasteiger partial charge >= 0.3 is 0 Å². The van der Waals surface area contributed by atoms with Crippen molar-refractivity contribution in [3.63, 3.8) is 0 Å². The van der Waals surface area contributed by atoms with Gasteiger partial charge in [0, 0.05) is 55.2 Å². The zero-order valence-electron chi connectivity index (χ0n) is 16.4. The van der Waals surface area contributed by atoms with Gasteiger partial charge in [-0.25, -0.2) is 14.6 Å². The van der Waals surface area contributed by atoms with Crippen molar-refractivity contribution in [2.45, 2.75) is 19.4 Å². The van der Waals surface area contributed by atoms with Crippen LogP contribution in [0, 0.1) is 5.92 Å². The Hall–Kier alpha value is -3.68. The first-order chi connectivity index (χ1) is 14.8. The largest absolute Gasteiger partial charge is 0.356 e. The van der Waals surface area contributed by atoms with Crippen LogP contribution in [0.1, 0.15) is 12.8 Å². The number of aromatic nitrogens is 6. The quantitative estimate of drug-likeness (QED) is 0.521. The fraction of sp³-hybridized carbons (Fsp3) is 0.273. The summed E-state index contributed by atoms with van der Waals surface area (Å²) in [4.78, 5) is 31.7. The van der Waals surface area contributed by atoms with E-state index in [2.05, 4.69) is 29.9 Å². The summed E-state index contributed by atoms with van der Waals surface area (Å²) >= 11 is 0. The Balaban J connectivity index is 1.30. The summed E-state index contributed by atoms with van der Waals surface area (Å²) in [6.07, 6.45) is 10.6. The van der Waals surface area contributed by atoms with Gasteiger partial charge in [0.15, 0.2) is 0 Å². The van der Waals surface area contributed by atoms with E-state index in [0.29, 0.717) is 12.5 Å². The van der Waals surface area contributed by atoms with Crippen LogP contribution in [0.3, 0.4) is 0 Å². The van der Waals surface area contributed by atoms with Gasteiger partial charge in [-0.15, -0.1) is 0 Å². The highest BCUT2D eigenvalue weighted by Gasteiger charge is 2.22. The van der Waals surface area contributed by atoms with Crippen molar-refractivity contribution in [2.75, 3.05) is 18.0 Å². The second-order valence-electron chi connectivity index (χ2n) is 7.50. The van der Waals surface area contributed by atoms with Crippen LogP contribution in [0.25, 0.3) is 22.2 Å². The molecule has 4 aromatic heterocycles. The molecule has 1 aliphatic heterocycles. The van der Waals surface area contributed by atoms with Crippen LogP contribution in [0.5, 0.6) is 0 Å². The molecular formula is C22H21N7O. The van der Waals surface area contributed by atoms with E-state index in [9.17, 15) is 4.79 Å². The maximum atomic E-state index is 12.4. The number of fused-ring (bicyclic) bond motifs is 1. The van der Waals surface area contributed by atoms with Crippen LogP contribution in [0.15, 0.2) is 66.2 Å².